The van der Waals surface area contributed by atoms with Crippen molar-refractivity contribution in [1.29, 1.82) is 0 Å². The molecule has 3 rings (SSSR count). The number of para-hydroxylation sites is 1. The normalized spacial score (nSPS) is 23.9. The highest BCUT2D eigenvalue weighted by atomic mass is 16.2. The highest BCUT2D eigenvalue weighted by Gasteiger charge is 2.28. The Kier molecular flexibility index (Phi) is 5.86. The van der Waals surface area contributed by atoms with Crippen molar-refractivity contribution in [3.63, 3.8) is 0 Å². The topological polar surface area (TPSA) is 61.4 Å². The largest absolute Gasteiger partial charge is 0.342 e. The van der Waals surface area contributed by atoms with Crippen molar-refractivity contribution >= 4 is 17.5 Å². The number of piperidine rings is 1. The molecular weight excluding hydrogens is 302 g/mol. The molecule has 2 fully saturated rings. The van der Waals surface area contributed by atoms with Crippen LogP contribution in [0.15, 0.2) is 30.3 Å². The molecule has 2 aliphatic rings. The number of carbonyl (C=O) groups is 2. The monoisotopic (exact) mass is 329 g/mol. The van der Waals surface area contributed by atoms with E-state index in [1.807, 2.05) is 35.2 Å². The van der Waals surface area contributed by atoms with E-state index in [4.69, 9.17) is 0 Å². The van der Waals surface area contributed by atoms with Gasteiger partial charge >= 0.3 is 0 Å². The standard InChI is InChI=1S/C19H27N3O2/c23-18(9-8-15-10-11-20-13-15)22-12-4-5-16(14-22)19(24)21-17-6-2-1-3-7-17/h1-3,6-7,15-16,20H,4-5,8-14H2,(H,21,24). The van der Waals surface area contributed by atoms with Crippen LogP contribution in [0.5, 0.6) is 0 Å². The third kappa shape index (κ3) is 4.57. The van der Waals surface area contributed by atoms with E-state index >= 15 is 0 Å². The van der Waals surface area contributed by atoms with Crippen LogP contribution in [-0.2, 0) is 9.59 Å². The smallest absolute Gasteiger partial charge is 0.229 e. The lowest BCUT2D eigenvalue weighted by molar-refractivity contribution is -0.134. The van der Waals surface area contributed by atoms with Gasteiger partial charge in [-0.2, -0.15) is 0 Å². The number of carbonyl (C=O) groups excluding carboxylic acids is 2. The summed E-state index contributed by atoms with van der Waals surface area (Å²) in [5, 5.41) is 6.31. The zero-order valence-corrected chi connectivity index (χ0v) is 14.2. The Morgan fingerprint density at radius 1 is 1.21 bits per heavy atom. The fourth-order valence-electron chi connectivity index (χ4n) is 3.63. The first-order valence-corrected chi connectivity index (χ1v) is 9.07. The number of nitrogens with zero attached hydrogens (tertiary/aromatic N) is 1. The van der Waals surface area contributed by atoms with Crippen molar-refractivity contribution in [2.75, 3.05) is 31.5 Å². The summed E-state index contributed by atoms with van der Waals surface area (Å²) in [5.74, 6) is 0.768. The molecule has 2 atom stereocenters. The van der Waals surface area contributed by atoms with Gasteiger partial charge in [0, 0.05) is 25.2 Å². The van der Waals surface area contributed by atoms with Crippen LogP contribution in [-0.4, -0.2) is 42.9 Å². The summed E-state index contributed by atoms with van der Waals surface area (Å²) in [6.07, 6.45) is 4.51. The van der Waals surface area contributed by atoms with Gasteiger partial charge in [0.15, 0.2) is 0 Å². The second kappa shape index (κ2) is 8.29. The number of hydrogen-bond donors (Lipinski definition) is 2. The molecule has 2 unspecified atom stereocenters. The van der Waals surface area contributed by atoms with Crippen LogP contribution in [0.2, 0.25) is 0 Å². The van der Waals surface area contributed by atoms with E-state index in [0.29, 0.717) is 18.9 Å². The predicted octanol–water partition coefficient (Wildman–Crippen LogP) is 2.25. The molecule has 2 saturated heterocycles. The van der Waals surface area contributed by atoms with Crippen LogP contribution in [0.25, 0.3) is 0 Å². The molecule has 1 aromatic carbocycles. The number of rotatable bonds is 5. The van der Waals surface area contributed by atoms with Crippen LogP contribution in [0.3, 0.4) is 0 Å². The van der Waals surface area contributed by atoms with Crippen molar-refractivity contribution < 1.29 is 9.59 Å². The first-order valence-electron chi connectivity index (χ1n) is 9.07. The summed E-state index contributed by atoms with van der Waals surface area (Å²) in [5.41, 5.74) is 0.819. The molecule has 5 heteroatoms. The van der Waals surface area contributed by atoms with Gasteiger partial charge in [-0.25, -0.2) is 0 Å². The van der Waals surface area contributed by atoms with Crippen LogP contribution < -0.4 is 10.6 Å². The Hall–Kier alpha value is -1.88. The van der Waals surface area contributed by atoms with Gasteiger partial charge in [-0.3, -0.25) is 9.59 Å². The fourth-order valence-corrected chi connectivity index (χ4v) is 3.63. The number of nitrogens with one attached hydrogen (secondary N) is 2. The molecule has 24 heavy (non-hydrogen) atoms. The van der Waals surface area contributed by atoms with Gasteiger partial charge < -0.3 is 15.5 Å². The molecule has 0 spiro atoms. The molecule has 1 aromatic rings. The Morgan fingerprint density at radius 3 is 2.79 bits per heavy atom. The Labute approximate surface area is 143 Å². The second-order valence-corrected chi connectivity index (χ2v) is 6.93. The summed E-state index contributed by atoms with van der Waals surface area (Å²) in [6.45, 7) is 3.46. The van der Waals surface area contributed by atoms with Crippen LogP contribution in [0.1, 0.15) is 32.1 Å². The van der Waals surface area contributed by atoms with Gasteiger partial charge in [-0.05, 0) is 56.8 Å². The summed E-state index contributed by atoms with van der Waals surface area (Å²) in [6, 6.07) is 9.52. The number of anilines is 1. The summed E-state index contributed by atoms with van der Waals surface area (Å²) in [4.78, 5) is 26.8. The molecule has 0 bridgehead atoms. The van der Waals surface area contributed by atoms with E-state index in [2.05, 4.69) is 10.6 Å². The van der Waals surface area contributed by atoms with Gasteiger partial charge in [0.2, 0.25) is 11.8 Å². The quantitative estimate of drug-likeness (QED) is 0.871. The van der Waals surface area contributed by atoms with Crippen molar-refractivity contribution in [3.05, 3.63) is 30.3 Å². The van der Waals surface area contributed by atoms with Crippen LogP contribution in [0, 0.1) is 11.8 Å². The number of amides is 2. The van der Waals surface area contributed by atoms with Crippen molar-refractivity contribution in [1.82, 2.24) is 10.2 Å². The van der Waals surface area contributed by atoms with E-state index in [9.17, 15) is 9.59 Å². The average Bonchev–Trinajstić information content (AvgIpc) is 3.14. The molecule has 2 aliphatic heterocycles. The Balaban J connectivity index is 1.48. The van der Waals surface area contributed by atoms with Gasteiger partial charge in [-0.1, -0.05) is 18.2 Å². The molecule has 0 aliphatic carbocycles. The van der Waals surface area contributed by atoms with E-state index in [1.54, 1.807) is 0 Å². The SMILES string of the molecule is O=C(Nc1ccccc1)C1CCCN(C(=O)CCC2CCNC2)C1. The summed E-state index contributed by atoms with van der Waals surface area (Å²) in [7, 11) is 0. The maximum atomic E-state index is 12.5. The Morgan fingerprint density at radius 2 is 2.04 bits per heavy atom. The first kappa shape index (κ1) is 17.0. The zero-order chi connectivity index (χ0) is 16.8. The third-order valence-corrected chi connectivity index (χ3v) is 5.12. The van der Waals surface area contributed by atoms with Crippen LogP contribution in [0.4, 0.5) is 5.69 Å². The van der Waals surface area contributed by atoms with E-state index in [0.717, 1.165) is 44.6 Å². The van der Waals surface area contributed by atoms with E-state index in [1.165, 1.54) is 6.42 Å². The lowest BCUT2D eigenvalue weighted by Gasteiger charge is -2.32. The number of benzene rings is 1. The van der Waals surface area contributed by atoms with E-state index in [-0.39, 0.29) is 17.7 Å². The maximum absolute atomic E-state index is 12.5. The maximum Gasteiger partial charge on any atom is 0.229 e. The Bertz CT molecular complexity index is 555. The highest BCUT2D eigenvalue weighted by Crippen LogP contribution is 2.21. The fraction of sp³-hybridized carbons (Fsp3) is 0.579. The lowest BCUT2D eigenvalue weighted by Crippen LogP contribution is -2.43. The van der Waals surface area contributed by atoms with Gasteiger partial charge in [0.1, 0.15) is 0 Å². The molecule has 2 N–H and O–H groups in total. The van der Waals surface area contributed by atoms with Gasteiger partial charge in [0.25, 0.3) is 0 Å². The highest BCUT2D eigenvalue weighted by molar-refractivity contribution is 5.93. The molecular formula is C19H27N3O2. The number of likely N-dealkylation sites (tertiary alicyclic amines) is 1. The van der Waals surface area contributed by atoms with E-state index < -0.39 is 0 Å². The molecule has 5 nitrogen and oxygen atoms in total. The van der Waals surface area contributed by atoms with Gasteiger partial charge in [0.05, 0.1) is 5.92 Å². The average molecular weight is 329 g/mol. The first-order chi connectivity index (χ1) is 11.7. The minimum atomic E-state index is -0.101. The number of hydrogen-bond acceptors (Lipinski definition) is 3. The molecule has 2 heterocycles. The van der Waals surface area contributed by atoms with Crippen molar-refractivity contribution in [2.45, 2.75) is 32.1 Å². The molecule has 0 radical (unpaired) electrons. The zero-order valence-electron chi connectivity index (χ0n) is 14.2. The van der Waals surface area contributed by atoms with Gasteiger partial charge in [-0.15, -0.1) is 0 Å². The molecule has 2 amide bonds. The van der Waals surface area contributed by atoms with Crippen LogP contribution >= 0.6 is 0 Å². The minimum Gasteiger partial charge on any atom is -0.342 e. The van der Waals surface area contributed by atoms with Crippen molar-refractivity contribution in [2.24, 2.45) is 11.8 Å². The molecule has 0 saturated carbocycles. The molecule has 0 aromatic heterocycles. The predicted molar refractivity (Wildman–Crippen MR) is 94.6 cm³/mol. The second-order valence-electron chi connectivity index (χ2n) is 6.93. The van der Waals surface area contributed by atoms with Crippen molar-refractivity contribution in [3.8, 4) is 0 Å². The molecule has 130 valence electrons. The lowest BCUT2D eigenvalue weighted by atomic mass is 9.96. The minimum absolute atomic E-state index is 0.0266. The summed E-state index contributed by atoms with van der Waals surface area (Å²) < 4.78 is 0. The summed E-state index contributed by atoms with van der Waals surface area (Å²) >= 11 is 0. The third-order valence-electron chi connectivity index (χ3n) is 5.12.